The van der Waals surface area contributed by atoms with Crippen molar-refractivity contribution in [3.63, 3.8) is 0 Å². The lowest BCUT2D eigenvalue weighted by Gasteiger charge is -2.30. The number of aryl methyl sites for hydroxylation is 1. The minimum Gasteiger partial charge on any atom is -0.399 e. The van der Waals surface area contributed by atoms with Gasteiger partial charge in [-0.15, -0.1) is 0 Å². The van der Waals surface area contributed by atoms with Crippen LogP contribution in [0.3, 0.4) is 0 Å². The third-order valence-corrected chi connectivity index (χ3v) is 3.03. The number of rotatable bonds is 2. The molecule has 0 fully saturated rings. The quantitative estimate of drug-likeness (QED) is 0.524. The molecule has 2 amide bonds. The van der Waals surface area contributed by atoms with E-state index in [2.05, 4.69) is 10.9 Å². The molecule has 0 radical (unpaired) electrons. The van der Waals surface area contributed by atoms with Gasteiger partial charge in [-0.25, -0.2) is 0 Å². The van der Waals surface area contributed by atoms with Crippen LogP contribution in [0, 0.1) is 0 Å². The second-order valence-corrected chi connectivity index (χ2v) is 4.64. The van der Waals surface area contributed by atoms with Gasteiger partial charge in [0.15, 0.2) is 0 Å². The largest absolute Gasteiger partial charge is 0.399 e. The van der Waals surface area contributed by atoms with Crippen LogP contribution < -0.4 is 21.5 Å². The summed E-state index contributed by atoms with van der Waals surface area (Å²) in [4.78, 5) is 24.4. The molecule has 1 aromatic carbocycles. The number of hydrogen-bond acceptors (Lipinski definition) is 4. The van der Waals surface area contributed by atoms with E-state index in [1.54, 1.807) is 0 Å². The Labute approximate surface area is 111 Å². The molecule has 0 saturated carbocycles. The normalized spacial score (nSPS) is 13.6. The molecule has 19 heavy (non-hydrogen) atoms. The predicted octanol–water partition coefficient (Wildman–Crippen LogP) is 0.189. The molecule has 0 aromatic heterocycles. The Morgan fingerprint density at radius 2 is 2.16 bits per heavy atom. The predicted molar refractivity (Wildman–Crippen MR) is 73.3 cm³/mol. The number of nitrogens with two attached hydrogens (primary N) is 1. The zero-order chi connectivity index (χ0) is 13.8. The van der Waals surface area contributed by atoms with Crippen molar-refractivity contribution in [2.24, 2.45) is 0 Å². The Balaban J connectivity index is 2.03. The zero-order valence-electron chi connectivity index (χ0n) is 10.9. The molecule has 102 valence electrons. The number of nitrogens with one attached hydrogen (secondary N) is 2. The van der Waals surface area contributed by atoms with E-state index in [9.17, 15) is 9.59 Å². The molecule has 1 aliphatic heterocycles. The summed E-state index contributed by atoms with van der Waals surface area (Å²) in [5.41, 5.74) is 13.4. The standard InChI is InChI=1S/C13H18N4O2/c1-9(18)15-16-13(19)8-17-6-2-3-10-7-11(14)4-5-12(10)17/h4-5,7H,2-3,6,8,14H2,1H3,(H,15,18)(H,16,19). The van der Waals surface area contributed by atoms with E-state index in [0.29, 0.717) is 0 Å². The fourth-order valence-corrected chi connectivity index (χ4v) is 2.23. The van der Waals surface area contributed by atoms with Gasteiger partial charge in [0, 0.05) is 24.8 Å². The summed E-state index contributed by atoms with van der Waals surface area (Å²) >= 11 is 0. The van der Waals surface area contributed by atoms with Gasteiger partial charge in [-0.05, 0) is 36.6 Å². The molecule has 0 saturated heterocycles. The Kier molecular flexibility index (Phi) is 3.89. The number of hydrogen-bond donors (Lipinski definition) is 3. The van der Waals surface area contributed by atoms with Crippen LogP contribution in [0.1, 0.15) is 18.9 Å². The maximum atomic E-state index is 11.7. The van der Waals surface area contributed by atoms with Gasteiger partial charge in [-0.3, -0.25) is 20.4 Å². The smallest absolute Gasteiger partial charge is 0.257 e. The molecule has 1 aliphatic rings. The van der Waals surface area contributed by atoms with E-state index >= 15 is 0 Å². The molecule has 0 bridgehead atoms. The molecule has 6 heteroatoms. The number of nitrogen functional groups attached to an aromatic ring is 1. The minimum absolute atomic E-state index is 0.219. The fourth-order valence-electron chi connectivity index (χ4n) is 2.23. The molecule has 1 heterocycles. The number of fused-ring (bicyclic) bond motifs is 1. The average molecular weight is 262 g/mol. The highest BCUT2D eigenvalue weighted by Gasteiger charge is 2.19. The number of anilines is 2. The van der Waals surface area contributed by atoms with Crippen LogP contribution in [0.25, 0.3) is 0 Å². The van der Waals surface area contributed by atoms with Crippen molar-refractivity contribution >= 4 is 23.2 Å². The van der Waals surface area contributed by atoms with Crippen LogP contribution >= 0.6 is 0 Å². The highest BCUT2D eigenvalue weighted by Crippen LogP contribution is 2.28. The van der Waals surface area contributed by atoms with Crippen molar-refractivity contribution in [3.8, 4) is 0 Å². The summed E-state index contributed by atoms with van der Waals surface area (Å²) in [6, 6.07) is 5.73. The van der Waals surface area contributed by atoms with Gasteiger partial charge in [0.1, 0.15) is 0 Å². The van der Waals surface area contributed by atoms with E-state index in [1.165, 1.54) is 12.5 Å². The van der Waals surface area contributed by atoms with Crippen molar-refractivity contribution in [1.29, 1.82) is 0 Å². The van der Waals surface area contributed by atoms with Gasteiger partial charge in [-0.1, -0.05) is 0 Å². The summed E-state index contributed by atoms with van der Waals surface area (Å²) in [5.74, 6) is -0.528. The van der Waals surface area contributed by atoms with Crippen molar-refractivity contribution in [2.45, 2.75) is 19.8 Å². The van der Waals surface area contributed by atoms with Gasteiger partial charge >= 0.3 is 0 Å². The molecule has 2 rings (SSSR count). The van der Waals surface area contributed by atoms with Gasteiger partial charge in [0.05, 0.1) is 6.54 Å². The molecule has 6 nitrogen and oxygen atoms in total. The third kappa shape index (κ3) is 3.37. The molecular formula is C13H18N4O2. The van der Waals surface area contributed by atoms with E-state index in [4.69, 9.17) is 5.73 Å². The van der Waals surface area contributed by atoms with Crippen molar-refractivity contribution < 1.29 is 9.59 Å². The maximum absolute atomic E-state index is 11.7. The van der Waals surface area contributed by atoms with Crippen LogP contribution in [0.5, 0.6) is 0 Å². The lowest BCUT2D eigenvalue weighted by Crippen LogP contribution is -2.46. The molecule has 0 unspecified atom stereocenters. The van der Waals surface area contributed by atoms with Gasteiger partial charge in [0.25, 0.3) is 5.91 Å². The number of nitrogens with zero attached hydrogens (tertiary/aromatic N) is 1. The molecular weight excluding hydrogens is 244 g/mol. The average Bonchev–Trinajstić information content (AvgIpc) is 2.36. The van der Waals surface area contributed by atoms with Crippen molar-refractivity contribution in [3.05, 3.63) is 23.8 Å². The molecule has 0 aliphatic carbocycles. The lowest BCUT2D eigenvalue weighted by molar-refractivity contribution is -0.127. The first-order valence-electron chi connectivity index (χ1n) is 6.25. The Morgan fingerprint density at radius 1 is 1.37 bits per heavy atom. The summed E-state index contributed by atoms with van der Waals surface area (Å²) in [6.07, 6.45) is 1.97. The molecule has 0 atom stereocenters. The number of carbonyl (C=O) groups excluding carboxylic acids is 2. The Bertz CT molecular complexity index is 501. The van der Waals surface area contributed by atoms with Gasteiger partial charge in [0.2, 0.25) is 5.91 Å². The summed E-state index contributed by atoms with van der Waals surface area (Å²) < 4.78 is 0. The minimum atomic E-state index is -0.292. The molecule has 0 spiro atoms. The van der Waals surface area contributed by atoms with E-state index in [1.807, 2.05) is 23.1 Å². The zero-order valence-corrected chi connectivity index (χ0v) is 10.9. The monoisotopic (exact) mass is 262 g/mol. The van der Waals surface area contributed by atoms with Crippen molar-refractivity contribution in [1.82, 2.24) is 10.9 Å². The first-order valence-corrected chi connectivity index (χ1v) is 6.25. The summed E-state index contributed by atoms with van der Waals surface area (Å²) in [6.45, 7) is 2.39. The number of amides is 2. The van der Waals surface area contributed by atoms with Crippen LogP contribution in [-0.4, -0.2) is 24.9 Å². The number of hydrazine groups is 1. The lowest BCUT2D eigenvalue weighted by atomic mass is 10.0. The third-order valence-electron chi connectivity index (χ3n) is 3.03. The Hall–Kier alpha value is -2.24. The van der Waals surface area contributed by atoms with Crippen molar-refractivity contribution in [2.75, 3.05) is 23.7 Å². The summed E-state index contributed by atoms with van der Waals surface area (Å²) in [7, 11) is 0. The highest BCUT2D eigenvalue weighted by atomic mass is 16.2. The molecule has 1 aromatic rings. The SMILES string of the molecule is CC(=O)NNC(=O)CN1CCCc2cc(N)ccc21. The van der Waals surface area contributed by atoms with E-state index in [-0.39, 0.29) is 18.4 Å². The van der Waals surface area contributed by atoms with Gasteiger partial charge < -0.3 is 10.6 Å². The van der Waals surface area contributed by atoms with Crippen LogP contribution in [-0.2, 0) is 16.0 Å². The first-order chi connectivity index (χ1) is 9.06. The fraction of sp³-hybridized carbons (Fsp3) is 0.385. The highest BCUT2D eigenvalue weighted by molar-refractivity contribution is 5.84. The van der Waals surface area contributed by atoms with Crippen LogP contribution in [0.4, 0.5) is 11.4 Å². The second-order valence-electron chi connectivity index (χ2n) is 4.64. The molecule has 4 N–H and O–H groups in total. The Morgan fingerprint density at radius 3 is 2.89 bits per heavy atom. The first kappa shape index (κ1) is 13.2. The van der Waals surface area contributed by atoms with E-state index in [0.717, 1.165) is 30.8 Å². The number of benzene rings is 1. The van der Waals surface area contributed by atoms with Crippen LogP contribution in [0.15, 0.2) is 18.2 Å². The summed E-state index contributed by atoms with van der Waals surface area (Å²) in [5, 5.41) is 0. The maximum Gasteiger partial charge on any atom is 0.257 e. The topological polar surface area (TPSA) is 87.5 Å². The number of carbonyl (C=O) groups is 2. The van der Waals surface area contributed by atoms with Gasteiger partial charge in [-0.2, -0.15) is 0 Å². The van der Waals surface area contributed by atoms with E-state index < -0.39 is 0 Å². The second kappa shape index (κ2) is 5.60. The van der Waals surface area contributed by atoms with Crippen LogP contribution in [0.2, 0.25) is 0 Å².